The standard InChI is InChI=1S/C10H9BrO2S/c1-7(10(12)13)6-14-9-5-3-2-4-8(9)11/h2-5H,1,6H2,(H,12,13). The molecule has 0 radical (unpaired) electrons. The third-order valence-electron chi connectivity index (χ3n) is 1.54. The highest BCUT2D eigenvalue weighted by Gasteiger charge is 2.05. The number of hydrogen-bond acceptors (Lipinski definition) is 2. The van der Waals surface area contributed by atoms with Crippen molar-refractivity contribution in [3.63, 3.8) is 0 Å². The smallest absolute Gasteiger partial charge is 0.331 e. The lowest BCUT2D eigenvalue weighted by Crippen LogP contribution is -2.00. The fourth-order valence-electron chi connectivity index (χ4n) is 0.788. The summed E-state index contributed by atoms with van der Waals surface area (Å²) in [6, 6.07) is 7.69. The van der Waals surface area contributed by atoms with Crippen LogP contribution < -0.4 is 0 Å². The average Bonchev–Trinajstić information content (AvgIpc) is 2.16. The Morgan fingerprint density at radius 1 is 1.50 bits per heavy atom. The van der Waals surface area contributed by atoms with Gasteiger partial charge >= 0.3 is 5.97 Å². The van der Waals surface area contributed by atoms with Gasteiger partial charge in [0.2, 0.25) is 0 Å². The molecule has 1 aromatic carbocycles. The predicted octanol–water partition coefficient (Wildman–Crippen LogP) is 3.18. The van der Waals surface area contributed by atoms with Crippen molar-refractivity contribution in [2.75, 3.05) is 5.75 Å². The topological polar surface area (TPSA) is 37.3 Å². The van der Waals surface area contributed by atoms with Gasteiger partial charge in [0.05, 0.1) is 0 Å². The summed E-state index contributed by atoms with van der Waals surface area (Å²) in [7, 11) is 0. The molecule has 2 nitrogen and oxygen atoms in total. The van der Waals surface area contributed by atoms with Crippen LogP contribution in [0.5, 0.6) is 0 Å². The van der Waals surface area contributed by atoms with Crippen molar-refractivity contribution in [1.29, 1.82) is 0 Å². The molecule has 1 aromatic rings. The van der Waals surface area contributed by atoms with Gasteiger partial charge in [-0.1, -0.05) is 18.7 Å². The van der Waals surface area contributed by atoms with Gasteiger partial charge in [0.1, 0.15) is 0 Å². The van der Waals surface area contributed by atoms with E-state index in [4.69, 9.17) is 5.11 Å². The normalized spacial score (nSPS) is 9.79. The summed E-state index contributed by atoms with van der Waals surface area (Å²) in [5.74, 6) is -0.539. The first-order chi connectivity index (χ1) is 6.61. The van der Waals surface area contributed by atoms with Crippen LogP contribution in [0.4, 0.5) is 0 Å². The SMILES string of the molecule is C=C(CSc1ccccc1Br)C(=O)O. The first-order valence-electron chi connectivity index (χ1n) is 3.89. The van der Waals surface area contributed by atoms with Gasteiger partial charge in [0.25, 0.3) is 0 Å². The lowest BCUT2D eigenvalue weighted by Gasteiger charge is -2.03. The Morgan fingerprint density at radius 3 is 2.71 bits per heavy atom. The summed E-state index contributed by atoms with van der Waals surface area (Å²) in [6.45, 7) is 3.46. The molecular formula is C10H9BrO2S. The molecular weight excluding hydrogens is 264 g/mol. The molecule has 0 bridgehead atoms. The molecule has 14 heavy (non-hydrogen) atoms. The third-order valence-corrected chi connectivity index (χ3v) is 3.65. The van der Waals surface area contributed by atoms with Crippen LogP contribution in [-0.4, -0.2) is 16.8 Å². The second-order valence-electron chi connectivity index (χ2n) is 2.63. The molecule has 0 saturated carbocycles. The number of halogens is 1. The van der Waals surface area contributed by atoms with Gasteiger partial charge < -0.3 is 5.11 Å². The maximum Gasteiger partial charge on any atom is 0.331 e. The number of hydrogen-bond donors (Lipinski definition) is 1. The Kier molecular flexibility index (Phi) is 4.22. The third kappa shape index (κ3) is 3.20. The zero-order valence-electron chi connectivity index (χ0n) is 7.37. The van der Waals surface area contributed by atoms with Crippen molar-refractivity contribution in [2.45, 2.75) is 4.90 Å². The van der Waals surface area contributed by atoms with Crippen LogP contribution in [-0.2, 0) is 4.79 Å². The van der Waals surface area contributed by atoms with Crippen molar-refractivity contribution in [3.05, 3.63) is 40.9 Å². The Labute approximate surface area is 95.1 Å². The lowest BCUT2D eigenvalue weighted by molar-refractivity contribution is -0.132. The quantitative estimate of drug-likeness (QED) is 0.676. The molecule has 0 aromatic heterocycles. The summed E-state index contributed by atoms with van der Waals surface area (Å²) in [5.41, 5.74) is 0.214. The minimum absolute atomic E-state index is 0.214. The van der Waals surface area contributed by atoms with Gasteiger partial charge in [-0.2, -0.15) is 0 Å². The number of rotatable bonds is 4. The van der Waals surface area contributed by atoms with Gasteiger partial charge in [-0.3, -0.25) is 0 Å². The minimum Gasteiger partial charge on any atom is -0.478 e. The number of carbonyl (C=O) groups is 1. The summed E-state index contributed by atoms with van der Waals surface area (Å²) in [5, 5.41) is 8.60. The first kappa shape index (κ1) is 11.3. The summed E-state index contributed by atoms with van der Waals surface area (Å²) in [6.07, 6.45) is 0. The molecule has 0 unspecified atom stereocenters. The van der Waals surface area contributed by atoms with Crippen molar-refractivity contribution in [3.8, 4) is 0 Å². The number of aliphatic carboxylic acids is 1. The van der Waals surface area contributed by atoms with Crippen molar-refractivity contribution in [2.24, 2.45) is 0 Å². The fourth-order valence-corrected chi connectivity index (χ4v) is 2.25. The van der Waals surface area contributed by atoms with Crippen LogP contribution in [0, 0.1) is 0 Å². The molecule has 0 aliphatic heterocycles. The number of benzene rings is 1. The minimum atomic E-state index is -0.940. The molecule has 0 saturated heterocycles. The maximum absolute atomic E-state index is 10.5. The molecule has 0 atom stereocenters. The van der Waals surface area contributed by atoms with E-state index in [0.717, 1.165) is 9.37 Å². The van der Waals surface area contributed by atoms with Crippen LogP contribution in [0.3, 0.4) is 0 Å². The van der Waals surface area contributed by atoms with Crippen molar-refractivity contribution in [1.82, 2.24) is 0 Å². The second-order valence-corrected chi connectivity index (χ2v) is 4.50. The lowest BCUT2D eigenvalue weighted by atomic mass is 10.4. The van der Waals surface area contributed by atoms with E-state index in [1.54, 1.807) is 0 Å². The van der Waals surface area contributed by atoms with Gasteiger partial charge in [-0.25, -0.2) is 4.79 Å². The second kappa shape index (κ2) is 5.22. The zero-order chi connectivity index (χ0) is 10.6. The Morgan fingerprint density at radius 2 is 2.14 bits per heavy atom. The van der Waals surface area contributed by atoms with Gasteiger partial charge in [-0.05, 0) is 28.1 Å². The molecule has 0 spiro atoms. The van der Waals surface area contributed by atoms with Crippen LogP contribution in [0.1, 0.15) is 0 Å². The molecule has 0 aliphatic rings. The highest BCUT2D eigenvalue weighted by Crippen LogP contribution is 2.27. The Bertz CT molecular complexity index is 363. The van der Waals surface area contributed by atoms with Gasteiger partial charge in [0.15, 0.2) is 0 Å². The van der Waals surface area contributed by atoms with E-state index >= 15 is 0 Å². The Balaban J connectivity index is 2.58. The predicted molar refractivity (Wildman–Crippen MR) is 61.6 cm³/mol. The van der Waals surface area contributed by atoms with Crippen molar-refractivity contribution < 1.29 is 9.90 Å². The number of carboxylic acids is 1. The van der Waals surface area contributed by atoms with E-state index in [0.29, 0.717) is 5.75 Å². The van der Waals surface area contributed by atoms with E-state index in [9.17, 15) is 4.79 Å². The average molecular weight is 273 g/mol. The number of carboxylic acid groups (broad SMARTS) is 1. The molecule has 0 fully saturated rings. The Hall–Kier alpha value is -0.740. The van der Waals surface area contributed by atoms with E-state index < -0.39 is 5.97 Å². The molecule has 74 valence electrons. The number of thioether (sulfide) groups is 1. The van der Waals surface area contributed by atoms with E-state index in [2.05, 4.69) is 22.5 Å². The summed E-state index contributed by atoms with van der Waals surface area (Å²) in [4.78, 5) is 11.5. The van der Waals surface area contributed by atoms with E-state index in [1.165, 1.54) is 11.8 Å². The van der Waals surface area contributed by atoms with E-state index in [1.807, 2.05) is 24.3 Å². The maximum atomic E-state index is 10.5. The fraction of sp³-hybridized carbons (Fsp3) is 0.100. The van der Waals surface area contributed by atoms with Gasteiger partial charge in [-0.15, -0.1) is 11.8 Å². The molecule has 0 aliphatic carbocycles. The molecule has 1 rings (SSSR count). The highest BCUT2D eigenvalue weighted by molar-refractivity contribution is 9.10. The molecule has 0 amide bonds. The van der Waals surface area contributed by atoms with Gasteiger partial charge in [0, 0.05) is 20.7 Å². The van der Waals surface area contributed by atoms with Crippen molar-refractivity contribution >= 4 is 33.7 Å². The van der Waals surface area contributed by atoms with E-state index in [-0.39, 0.29) is 5.57 Å². The molecule has 4 heteroatoms. The largest absolute Gasteiger partial charge is 0.478 e. The highest BCUT2D eigenvalue weighted by atomic mass is 79.9. The van der Waals surface area contributed by atoms with Crippen LogP contribution >= 0.6 is 27.7 Å². The summed E-state index contributed by atoms with van der Waals surface area (Å²) < 4.78 is 0.975. The monoisotopic (exact) mass is 272 g/mol. The van der Waals surface area contributed by atoms with Crippen LogP contribution in [0.25, 0.3) is 0 Å². The zero-order valence-corrected chi connectivity index (χ0v) is 9.77. The van der Waals surface area contributed by atoms with Crippen LogP contribution in [0.15, 0.2) is 45.8 Å². The van der Waals surface area contributed by atoms with Crippen LogP contribution in [0.2, 0.25) is 0 Å². The molecule has 0 heterocycles. The molecule has 1 N–H and O–H groups in total. The summed E-state index contributed by atoms with van der Waals surface area (Å²) >= 11 is 4.84. The first-order valence-corrected chi connectivity index (χ1v) is 5.67.